The van der Waals surface area contributed by atoms with Crippen molar-refractivity contribution in [2.45, 2.75) is 25.4 Å². The minimum Gasteiger partial charge on any atom is -0.496 e. The first-order chi connectivity index (χ1) is 14.5. The highest BCUT2D eigenvalue weighted by atomic mass is 79.9. The van der Waals surface area contributed by atoms with Gasteiger partial charge in [-0.2, -0.15) is 0 Å². The molecule has 2 unspecified atom stereocenters. The molecular weight excluding hydrogens is 446 g/mol. The number of nitrogens with one attached hydrogen (secondary N) is 2. The standard InChI is InChI=1S/C23H26BrN3O3/c1-30-21-9-5-2-6-15(21)10-11-22(29)27-23(25)18(20(28)13-24)12-16-14-26-19-8-4-3-7-17(16)19/h2-9,14,18,23,26H,10-13,25H2,1H3,(H,27,29). The Labute approximate surface area is 184 Å². The summed E-state index contributed by atoms with van der Waals surface area (Å²) in [5.74, 6) is -0.0161. The summed E-state index contributed by atoms with van der Waals surface area (Å²) >= 11 is 3.24. The van der Waals surface area contributed by atoms with Gasteiger partial charge >= 0.3 is 0 Å². The van der Waals surface area contributed by atoms with Crippen LogP contribution in [0.4, 0.5) is 0 Å². The molecule has 2 atom stereocenters. The molecule has 0 fully saturated rings. The van der Waals surface area contributed by atoms with Crippen molar-refractivity contribution in [2.75, 3.05) is 12.4 Å². The van der Waals surface area contributed by atoms with Gasteiger partial charge in [0.2, 0.25) is 5.91 Å². The summed E-state index contributed by atoms with van der Waals surface area (Å²) in [6.45, 7) is 0. The molecule has 0 aliphatic carbocycles. The quantitative estimate of drug-likeness (QED) is 0.312. The fraction of sp³-hybridized carbons (Fsp3) is 0.304. The Morgan fingerprint density at radius 2 is 1.87 bits per heavy atom. The molecule has 0 spiro atoms. The highest BCUT2D eigenvalue weighted by Gasteiger charge is 2.27. The number of para-hydroxylation sites is 2. The monoisotopic (exact) mass is 471 g/mol. The maximum absolute atomic E-state index is 12.6. The van der Waals surface area contributed by atoms with Crippen LogP contribution in [0.3, 0.4) is 0 Å². The minimum absolute atomic E-state index is 0.0437. The van der Waals surface area contributed by atoms with Crippen LogP contribution in [0.15, 0.2) is 54.7 Å². The van der Waals surface area contributed by atoms with E-state index in [-0.39, 0.29) is 23.4 Å². The summed E-state index contributed by atoms with van der Waals surface area (Å²) in [5, 5.41) is 4.05. The molecule has 30 heavy (non-hydrogen) atoms. The topological polar surface area (TPSA) is 97.2 Å². The molecule has 0 aliphatic rings. The molecule has 3 rings (SSSR count). The summed E-state index contributed by atoms with van der Waals surface area (Å²) in [5.41, 5.74) is 9.24. The van der Waals surface area contributed by atoms with Gasteiger partial charge in [0, 0.05) is 23.5 Å². The third kappa shape index (κ3) is 5.29. The largest absolute Gasteiger partial charge is 0.496 e. The number of carbonyl (C=O) groups is 2. The molecule has 0 saturated heterocycles. The highest BCUT2D eigenvalue weighted by Crippen LogP contribution is 2.23. The molecule has 2 aromatic carbocycles. The number of ether oxygens (including phenoxy) is 1. The van der Waals surface area contributed by atoms with E-state index in [2.05, 4.69) is 26.2 Å². The van der Waals surface area contributed by atoms with E-state index in [0.29, 0.717) is 12.8 Å². The zero-order chi connectivity index (χ0) is 21.5. The molecule has 4 N–H and O–H groups in total. The first-order valence-corrected chi connectivity index (χ1v) is 11.0. The number of aryl methyl sites for hydroxylation is 1. The number of hydrogen-bond donors (Lipinski definition) is 3. The van der Waals surface area contributed by atoms with Gasteiger partial charge in [-0.25, -0.2) is 0 Å². The lowest BCUT2D eigenvalue weighted by atomic mass is 9.92. The van der Waals surface area contributed by atoms with E-state index < -0.39 is 12.1 Å². The van der Waals surface area contributed by atoms with Crippen molar-refractivity contribution in [2.24, 2.45) is 11.7 Å². The molecule has 0 radical (unpaired) electrons. The number of amides is 1. The highest BCUT2D eigenvalue weighted by molar-refractivity contribution is 9.09. The van der Waals surface area contributed by atoms with E-state index >= 15 is 0 Å². The molecule has 3 aromatic rings. The maximum Gasteiger partial charge on any atom is 0.221 e. The molecule has 0 aliphatic heterocycles. The van der Waals surface area contributed by atoms with Crippen LogP contribution in [0, 0.1) is 5.92 Å². The predicted octanol–water partition coefficient (Wildman–Crippen LogP) is 3.33. The summed E-state index contributed by atoms with van der Waals surface area (Å²) < 4.78 is 5.33. The van der Waals surface area contributed by atoms with Gasteiger partial charge < -0.3 is 20.8 Å². The number of aromatic nitrogens is 1. The van der Waals surface area contributed by atoms with Crippen LogP contribution in [0.5, 0.6) is 5.75 Å². The molecule has 1 aromatic heterocycles. The third-order valence-electron chi connectivity index (χ3n) is 5.24. The van der Waals surface area contributed by atoms with E-state index in [1.807, 2.05) is 54.7 Å². The number of rotatable bonds is 10. The van der Waals surface area contributed by atoms with Crippen LogP contribution in [0.1, 0.15) is 17.5 Å². The van der Waals surface area contributed by atoms with E-state index in [1.165, 1.54) is 0 Å². The van der Waals surface area contributed by atoms with Gasteiger partial charge in [0.15, 0.2) is 0 Å². The number of aromatic amines is 1. The number of methoxy groups -OCH3 is 1. The van der Waals surface area contributed by atoms with Crippen LogP contribution in [0.25, 0.3) is 10.9 Å². The van der Waals surface area contributed by atoms with Gasteiger partial charge in [-0.3, -0.25) is 9.59 Å². The zero-order valence-corrected chi connectivity index (χ0v) is 18.4. The van der Waals surface area contributed by atoms with Crippen LogP contribution in [-0.2, 0) is 22.4 Å². The average Bonchev–Trinajstić information content (AvgIpc) is 3.18. The van der Waals surface area contributed by atoms with Crippen LogP contribution in [0.2, 0.25) is 0 Å². The Morgan fingerprint density at radius 1 is 1.13 bits per heavy atom. The SMILES string of the molecule is COc1ccccc1CCC(=O)NC(N)C(Cc1c[nH]c2ccccc12)C(=O)CBr. The maximum atomic E-state index is 12.6. The summed E-state index contributed by atoms with van der Waals surface area (Å²) in [4.78, 5) is 28.3. The van der Waals surface area contributed by atoms with Gasteiger partial charge in [0.05, 0.1) is 24.5 Å². The Hall–Kier alpha value is -2.64. The number of carbonyl (C=O) groups excluding carboxylic acids is 2. The van der Waals surface area contributed by atoms with Crippen LogP contribution < -0.4 is 15.8 Å². The summed E-state index contributed by atoms with van der Waals surface area (Å²) in [6, 6.07) is 15.5. The average molecular weight is 472 g/mol. The Morgan fingerprint density at radius 3 is 2.63 bits per heavy atom. The second-order valence-corrected chi connectivity index (χ2v) is 7.74. The van der Waals surface area contributed by atoms with Crippen molar-refractivity contribution >= 4 is 38.5 Å². The second-order valence-electron chi connectivity index (χ2n) is 7.18. The van der Waals surface area contributed by atoms with Gasteiger partial charge in [-0.1, -0.05) is 52.3 Å². The second kappa shape index (κ2) is 10.4. The van der Waals surface area contributed by atoms with Crippen molar-refractivity contribution < 1.29 is 14.3 Å². The molecule has 0 bridgehead atoms. The fourth-order valence-corrected chi connectivity index (χ4v) is 4.01. The van der Waals surface area contributed by atoms with Gasteiger partial charge in [0.1, 0.15) is 11.5 Å². The van der Waals surface area contributed by atoms with Gasteiger partial charge in [0.25, 0.3) is 0 Å². The third-order valence-corrected chi connectivity index (χ3v) is 5.79. The first-order valence-electron chi connectivity index (χ1n) is 9.84. The van der Waals surface area contributed by atoms with Crippen molar-refractivity contribution in [3.05, 3.63) is 65.9 Å². The number of hydrogen-bond acceptors (Lipinski definition) is 4. The Kier molecular flexibility index (Phi) is 7.65. The number of fused-ring (bicyclic) bond motifs is 1. The van der Waals surface area contributed by atoms with Gasteiger partial charge in [-0.05, 0) is 36.1 Å². The van der Waals surface area contributed by atoms with Crippen LogP contribution in [-0.4, -0.2) is 35.3 Å². The van der Waals surface area contributed by atoms with Crippen molar-refractivity contribution in [1.29, 1.82) is 0 Å². The summed E-state index contributed by atoms with van der Waals surface area (Å²) in [6.07, 6.45) is 2.37. The molecular formula is C23H26BrN3O3. The van der Waals surface area contributed by atoms with Crippen molar-refractivity contribution in [3.8, 4) is 5.75 Å². The smallest absolute Gasteiger partial charge is 0.221 e. The number of ketones is 1. The number of benzene rings is 2. The normalized spacial score (nSPS) is 13.0. The molecule has 0 saturated carbocycles. The Balaban J connectivity index is 1.65. The summed E-state index contributed by atoms with van der Waals surface area (Å²) in [7, 11) is 1.61. The first kappa shape index (κ1) is 22.1. The van der Waals surface area contributed by atoms with E-state index in [0.717, 1.165) is 27.8 Å². The number of alkyl halides is 1. The van der Waals surface area contributed by atoms with Gasteiger partial charge in [-0.15, -0.1) is 0 Å². The van der Waals surface area contributed by atoms with Crippen LogP contribution >= 0.6 is 15.9 Å². The van der Waals surface area contributed by atoms with E-state index in [4.69, 9.17) is 10.5 Å². The lowest BCUT2D eigenvalue weighted by Gasteiger charge is -2.23. The Bertz CT molecular complexity index is 1020. The fourth-order valence-electron chi connectivity index (χ4n) is 3.59. The number of nitrogens with two attached hydrogens (primary N) is 1. The predicted molar refractivity (Wildman–Crippen MR) is 122 cm³/mol. The zero-order valence-electron chi connectivity index (χ0n) is 16.9. The number of H-pyrrole nitrogens is 1. The van der Waals surface area contributed by atoms with E-state index in [9.17, 15) is 9.59 Å². The minimum atomic E-state index is -0.770. The molecule has 158 valence electrons. The van der Waals surface area contributed by atoms with Crippen molar-refractivity contribution in [3.63, 3.8) is 0 Å². The molecule has 1 heterocycles. The number of Topliss-reactive ketones (excluding diaryl/α,β-unsaturated/α-hetero) is 1. The lowest BCUT2D eigenvalue weighted by Crippen LogP contribution is -2.50. The molecule has 1 amide bonds. The molecule has 7 heteroatoms. The van der Waals surface area contributed by atoms with Crippen molar-refractivity contribution in [1.82, 2.24) is 10.3 Å². The molecule has 6 nitrogen and oxygen atoms in total. The number of halogens is 1. The lowest BCUT2D eigenvalue weighted by molar-refractivity contribution is -0.124. The van der Waals surface area contributed by atoms with E-state index in [1.54, 1.807) is 7.11 Å².